The van der Waals surface area contributed by atoms with Gasteiger partial charge in [0.15, 0.2) is 0 Å². The highest BCUT2D eigenvalue weighted by molar-refractivity contribution is 4.65. The lowest BCUT2D eigenvalue weighted by Gasteiger charge is -2.14. The second-order valence-electron chi connectivity index (χ2n) is 3.60. The summed E-state index contributed by atoms with van der Waals surface area (Å²) in [6.07, 6.45) is 2.28. The highest BCUT2D eigenvalue weighted by Gasteiger charge is 2.03. The Balaban J connectivity index is 3.21. The zero-order valence-electron chi connectivity index (χ0n) is 9.58. The number of nitrogens with two attached hydrogens (primary N) is 1. The van der Waals surface area contributed by atoms with Crippen molar-refractivity contribution in [2.24, 2.45) is 5.73 Å². The van der Waals surface area contributed by atoms with E-state index in [1.165, 1.54) is 0 Å². The molecule has 0 radical (unpaired) electrons. The number of methoxy groups -OCH3 is 2. The van der Waals surface area contributed by atoms with Crippen molar-refractivity contribution >= 4 is 0 Å². The van der Waals surface area contributed by atoms with Crippen molar-refractivity contribution in [1.29, 1.82) is 0 Å². The average molecular weight is 204 g/mol. The van der Waals surface area contributed by atoms with E-state index in [-0.39, 0.29) is 12.1 Å². The van der Waals surface area contributed by atoms with Crippen LogP contribution < -0.4 is 11.1 Å². The Bertz CT molecular complexity index is 123. The predicted octanol–water partition coefficient (Wildman–Crippen LogP) is 0.365. The number of ether oxygens (including phenoxy) is 2. The molecular formula is C10H24N2O2. The smallest absolute Gasteiger partial charge is 0.0667 e. The first-order valence-electron chi connectivity index (χ1n) is 5.18. The van der Waals surface area contributed by atoms with Gasteiger partial charge in [0.2, 0.25) is 0 Å². The second kappa shape index (κ2) is 9.40. The molecule has 3 N–H and O–H groups in total. The summed E-state index contributed by atoms with van der Waals surface area (Å²) >= 11 is 0. The van der Waals surface area contributed by atoms with Gasteiger partial charge in [-0.15, -0.1) is 0 Å². The van der Waals surface area contributed by atoms with E-state index in [4.69, 9.17) is 15.2 Å². The van der Waals surface area contributed by atoms with Crippen molar-refractivity contribution in [3.8, 4) is 0 Å². The van der Waals surface area contributed by atoms with Crippen LogP contribution in [0, 0.1) is 0 Å². The Morgan fingerprint density at radius 1 is 1.29 bits per heavy atom. The van der Waals surface area contributed by atoms with Crippen LogP contribution in [0.5, 0.6) is 0 Å². The van der Waals surface area contributed by atoms with Crippen molar-refractivity contribution in [3.63, 3.8) is 0 Å². The maximum Gasteiger partial charge on any atom is 0.0667 e. The standard InChI is InChI=1S/C10H24N2O2/c1-9(14-3)7-12-8-10(11)5-4-6-13-2/h9-10,12H,4-8,11H2,1-3H3. The van der Waals surface area contributed by atoms with Gasteiger partial charge < -0.3 is 20.5 Å². The van der Waals surface area contributed by atoms with E-state index < -0.39 is 0 Å². The van der Waals surface area contributed by atoms with Crippen LogP contribution in [0.15, 0.2) is 0 Å². The quantitative estimate of drug-likeness (QED) is 0.533. The molecule has 0 rings (SSSR count). The van der Waals surface area contributed by atoms with Gasteiger partial charge in [-0.2, -0.15) is 0 Å². The zero-order valence-corrected chi connectivity index (χ0v) is 9.58. The Hall–Kier alpha value is -0.160. The van der Waals surface area contributed by atoms with Crippen LogP contribution in [0.2, 0.25) is 0 Å². The maximum absolute atomic E-state index is 5.88. The molecule has 0 saturated carbocycles. The Morgan fingerprint density at radius 2 is 2.00 bits per heavy atom. The fourth-order valence-corrected chi connectivity index (χ4v) is 1.15. The van der Waals surface area contributed by atoms with Crippen LogP contribution in [0.4, 0.5) is 0 Å². The van der Waals surface area contributed by atoms with Gasteiger partial charge >= 0.3 is 0 Å². The Labute approximate surface area is 87.1 Å². The molecule has 0 aromatic rings. The maximum atomic E-state index is 5.88. The van der Waals surface area contributed by atoms with Gasteiger partial charge in [-0.1, -0.05) is 0 Å². The lowest BCUT2D eigenvalue weighted by molar-refractivity contribution is 0.117. The van der Waals surface area contributed by atoms with Gasteiger partial charge in [0.05, 0.1) is 6.10 Å². The number of rotatable bonds is 9. The first-order valence-corrected chi connectivity index (χ1v) is 5.18. The van der Waals surface area contributed by atoms with Gasteiger partial charge in [0.25, 0.3) is 0 Å². The number of nitrogens with one attached hydrogen (secondary N) is 1. The third-order valence-electron chi connectivity index (χ3n) is 2.16. The van der Waals surface area contributed by atoms with Crippen molar-refractivity contribution in [2.75, 3.05) is 33.9 Å². The van der Waals surface area contributed by atoms with Gasteiger partial charge in [-0.05, 0) is 19.8 Å². The normalized spacial score (nSPS) is 15.4. The molecule has 0 saturated heterocycles. The van der Waals surface area contributed by atoms with Crippen LogP contribution in [-0.2, 0) is 9.47 Å². The Kier molecular flexibility index (Phi) is 9.29. The van der Waals surface area contributed by atoms with Crippen molar-refractivity contribution in [2.45, 2.75) is 31.9 Å². The molecule has 0 aliphatic rings. The first-order chi connectivity index (χ1) is 6.70. The molecule has 4 nitrogen and oxygen atoms in total. The fourth-order valence-electron chi connectivity index (χ4n) is 1.15. The molecule has 0 aromatic carbocycles. The average Bonchev–Trinajstić information content (AvgIpc) is 2.18. The summed E-state index contributed by atoms with van der Waals surface area (Å²) in [5.41, 5.74) is 5.88. The van der Waals surface area contributed by atoms with E-state index in [0.717, 1.165) is 32.5 Å². The number of hydrogen-bond donors (Lipinski definition) is 2. The van der Waals surface area contributed by atoms with Crippen LogP contribution in [-0.4, -0.2) is 46.1 Å². The van der Waals surface area contributed by atoms with Crippen molar-refractivity contribution < 1.29 is 9.47 Å². The molecule has 2 unspecified atom stereocenters. The molecule has 0 amide bonds. The molecule has 0 bridgehead atoms. The number of hydrogen-bond acceptors (Lipinski definition) is 4. The minimum absolute atomic E-state index is 0.217. The van der Waals surface area contributed by atoms with Crippen molar-refractivity contribution in [3.05, 3.63) is 0 Å². The van der Waals surface area contributed by atoms with Crippen LogP contribution in [0.1, 0.15) is 19.8 Å². The zero-order chi connectivity index (χ0) is 10.8. The summed E-state index contributed by atoms with van der Waals surface area (Å²) in [7, 11) is 3.43. The summed E-state index contributed by atoms with van der Waals surface area (Å²) in [4.78, 5) is 0. The van der Waals surface area contributed by atoms with Crippen molar-refractivity contribution in [1.82, 2.24) is 5.32 Å². The van der Waals surface area contributed by atoms with Gasteiger partial charge in [0.1, 0.15) is 0 Å². The molecule has 0 heterocycles. The SMILES string of the molecule is COCCCC(N)CNCC(C)OC. The topological polar surface area (TPSA) is 56.5 Å². The van der Waals surface area contributed by atoms with E-state index in [9.17, 15) is 0 Å². The predicted molar refractivity (Wildman–Crippen MR) is 58.4 cm³/mol. The second-order valence-corrected chi connectivity index (χ2v) is 3.60. The molecular weight excluding hydrogens is 180 g/mol. The highest BCUT2D eigenvalue weighted by atomic mass is 16.5. The molecule has 0 aromatic heterocycles. The molecule has 0 aliphatic carbocycles. The van der Waals surface area contributed by atoms with E-state index in [1.54, 1.807) is 14.2 Å². The highest BCUT2D eigenvalue weighted by Crippen LogP contribution is 1.93. The summed E-state index contributed by atoms with van der Waals surface area (Å²) in [5.74, 6) is 0. The van der Waals surface area contributed by atoms with E-state index >= 15 is 0 Å². The van der Waals surface area contributed by atoms with Gasteiger partial charge in [-0.25, -0.2) is 0 Å². The Morgan fingerprint density at radius 3 is 2.57 bits per heavy atom. The van der Waals surface area contributed by atoms with Gasteiger partial charge in [-0.3, -0.25) is 0 Å². The third-order valence-corrected chi connectivity index (χ3v) is 2.16. The summed E-state index contributed by atoms with van der Waals surface area (Å²) in [6.45, 7) is 4.53. The lowest BCUT2D eigenvalue weighted by atomic mass is 10.2. The molecule has 2 atom stereocenters. The molecule has 0 aliphatic heterocycles. The molecule has 0 spiro atoms. The summed E-state index contributed by atoms with van der Waals surface area (Å²) in [6, 6.07) is 0.217. The lowest BCUT2D eigenvalue weighted by Crippen LogP contribution is -2.37. The van der Waals surface area contributed by atoms with Gasteiger partial charge in [0, 0.05) is 40.0 Å². The monoisotopic (exact) mass is 204 g/mol. The largest absolute Gasteiger partial charge is 0.385 e. The first kappa shape index (κ1) is 13.8. The molecule has 4 heteroatoms. The van der Waals surface area contributed by atoms with E-state index in [2.05, 4.69) is 5.32 Å². The minimum atomic E-state index is 0.217. The fraction of sp³-hybridized carbons (Fsp3) is 1.00. The van der Waals surface area contributed by atoms with Crippen LogP contribution >= 0.6 is 0 Å². The molecule has 14 heavy (non-hydrogen) atoms. The summed E-state index contributed by atoms with van der Waals surface area (Å²) < 4.78 is 10.1. The van der Waals surface area contributed by atoms with Crippen LogP contribution in [0.25, 0.3) is 0 Å². The van der Waals surface area contributed by atoms with E-state index in [0.29, 0.717) is 0 Å². The van der Waals surface area contributed by atoms with E-state index in [1.807, 2.05) is 6.92 Å². The summed E-state index contributed by atoms with van der Waals surface area (Å²) in [5, 5.41) is 3.27. The molecule has 86 valence electrons. The van der Waals surface area contributed by atoms with Crippen LogP contribution in [0.3, 0.4) is 0 Å². The minimum Gasteiger partial charge on any atom is -0.385 e. The molecule has 0 fully saturated rings. The third kappa shape index (κ3) is 8.44.